The number of ether oxygens (including phenoxy) is 2. The van der Waals surface area contributed by atoms with Gasteiger partial charge in [-0.15, -0.1) is 0 Å². The summed E-state index contributed by atoms with van der Waals surface area (Å²) in [5.41, 5.74) is 0. The molecule has 0 unspecified atom stereocenters. The molecule has 0 spiro atoms. The zero-order chi connectivity index (χ0) is 8.48. The Hall–Kier alpha value is 0.280. The van der Waals surface area contributed by atoms with E-state index in [1.807, 2.05) is 0 Å². The molecule has 0 atom stereocenters. The van der Waals surface area contributed by atoms with E-state index in [0.29, 0.717) is 0 Å². The first-order valence-electron chi connectivity index (χ1n) is 2.53. The third-order valence-corrected chi connectivity index (χ3v) is 1.06. The van der Waals surface area contributed by atoms with Crippen molar-refractivity contribution in [3.05, 3.63) is 12.5 Å². The largest absolute Gasteiger partial charge is 1.00 e. The topological polar surface area (TPSA) is 98.7 Å². The first kappa shape index (κ1) is 15.7. The van der Waals surface area contributed by atoms with E-state index >= 15 is 0 Å². The Morgan fingerprint density at radius 2 is 1.31 bits per heavy atom. The fourth-order valence-electron chi connectivity index (χ4n) is 0.551. The fraction of sp³-hybridized carbons (Fsp3) is 0.200. The van der Waals surface area contributed by atoms with Gasteiger partial charge in [0.1, 0.15) is 24.5 Å². The summed E-state index contributed by atoms with van der Waals surface area (Å²) in [6.07, 6.45) is 1.57. The molecular formula is C5H2Na2O6. The average molecular weight is 204 g/mol. The van der Waals surface area contributed by atoms with E-state index in [4.69, 9.17) is 0 Å². The smallest absolute Gasteiger partial charge is 0.542 e. The maximum atomic E-state index is 10.1. The molecule has 0 N–H and O–H groups in total. The van der Waals surface area contributed by atoms with E-state index in [1.54, 1.807) is 0 Å². The Balaban J connectivity index is 0. The van der Waals surface area contributed by atoms with Crippen molar-refractivity contribution >= 4 is 11.9 Å². The quantitative estimate of drug-likeness (QED) is 0.327. The maximum absolute atomic E-state index is 10.1. The van der Waals surface area contributed by atoms with Crippen molar-refractivity contribution in [3.63, 3.8) is 0 Å². The molecule has 0 amide bonds. The second-order valence-electron chi connectivity index (χ2n) is 1.70. The molecule has 60 valence electrons. The summed E-state index contributed by atoms with van der Waals surface area (Å²) in [6.45, 7) is 0. The van der Waals surface area contributed by atoms with E-state index in [-0.39, 0.29) is 59.1 Å². The molecule has 0 aromatic rings. The molecule has 0 aliphatic carbocycles. The van der Waals surface area contributed by atoms with Gasteiger partial charge in [-0.25, -0.2) is 0 Å². The van der Waals surface area contributed by atoms with Crippen LogP contribution in [0, 0.1) is 0 Å². The van der Waals surface area contributed by atoms with Crippen LogP contribution in [0.25, 0.3) is 0 Å². The van der Waals surface area contributed by atoms with E-state index in [9.17, 15) is 19.8 Å². The van der Waals surface area contributed by atoms with Crippen LogP contribution >= 0.6 is 0 Å². The summed E-state index contributed by atoms with van der Waals surface area (Å²) < 4.78 is 8.27. The van der Waals surface area contributed by atoms with Gasteiger partial charge in [-0.05, 0) is 0 Å². The number of carboxylic acid groups (broad SMARTS) is 2. The second-order valence-corrected chi connectivity index (χ2v) is 1.70. The number of rotatable bonds is 2. The van der Waals surface area contributed by atoms with Crippen molar-refractivity contribution in [2.45, 2.75) is 5.79 Å². The number of hydrogen-bond acceptors (Lipinski definition) is 6. The predicted molar refractivity (Wildman–Crippen MR) is 24.1 cm³/mol. The summed E-state index contributed by atoms with van der Waals surface area (Å²) in [5, 5.41) is 20.3. The van der Waals surface area contributed by atoms with Gasteiger partial charge in [0.2, 0.25) is 0 Å². The van der Waals surface area contributed by atoms with Crippen molar-refractivity contribution in [1.82, 2.24) is 0 Å². The normalized spacial score (nSPS) is 15.7. The van der Waals surface area contributed by atoms with Gasteiger partial charge in [0.05, 0.1) is 0 Å². The van der Waals surface area contributed by atoms with Gasteiger partial charge >= 0.3 is 64.9 Å². The zero-order valence-electron chi connectivity index (χ0n) is 7.10. The molecule has 0 bridgehead atoms. The minimum atomic E-state index is -2.81. The predicted octanol–water partition coefficient (Wildman–Crippen LogP) is -9.29. The third kappa shape index (κ3) is 2.87. The van der Waals surface area contributed by atoms with Gasteiger partial charge in [-0.3, -0.25) is 0 Å². The van der Waals surface area contributed by atoms with Crippen LogP contribution in [0.2, 0.25) is 0 Å². The van der Waals surface area contributed by atoms with Gasteiger partial charge in [0.15, 0.2) is 0 Å². The van der Waals surface area contributed by atoms with Gasteiger partial charge in [-0.2, -0.15) is 0 Å². The molecule has 1 aliphatic rings. The average Bonchev–Trinajstić information content (AvgIpc) is 2.34. The molecule has 0 saturated heterocycles. The van der Waals surface area contributed by atoms with E-state index in [0.717, 1.165) is 12.5 Å². The Bertz CT molecular complexity index is 213. The molecule has 0 saturated carbocycles. The van der Waals surface area contributed by atoms with E-state index in [2.05, 4.69) is 9.47 Å². The summed E-state index contributed by atoms with van der Waals surface area (Å²) >= 11 is 0. The molecule has 0 fully saturated rings. The van der Waals surface area contributed by atoms with Crippen molar-refractivity contribution in [1.29, 1.82) is 0 Å². The molecule has 6 nitrogen and oxygen atoms in total. The maximum Gasteiger partial charge on any atom is 1.00 e. The summed E-state index contributed by atoms with van der Waals surface area (Å²) in [6, 6.07) is 0. The van der Waals surface area contributed by atoms with Crippen LogP contribution in [0.4, 0.5) is 0 Å². The minimum absolute atomic E-state index is 0. The Kier molecular flexibility index (Phi) is 7.14. The minimum Gasteiger partial charge on any atom is -0.542 e. The standard InChI is InChI=1S/C5H4O6.2Na/c6-3(7)5(4(8)9)10-1-2-11-5;;/h1-2H,(H,6,7)(H,8,9);;/q;2*+1/p-2. The van der Waals surface area contributed by atoms with Crippen LogP contribution in [0.1, 0.15) is 0 Å². The van der Waals surface area contributed by atoms with Crippen molar-refractivity contribution in [3.8, 4) is 0 Å². The van der Waals surface area contributed by atoms with Gasteiger partial charge in [-0.1, -0.05) is 0 Å². The fourth-order valence-corrected chi connectivity index (χ4v) is 0.551. The molecule has 0 radical (unpaired) electrons. The first-order chi connectivity index (χ1) is 5.09. The second kappa shape index (κ2) is 5.90. The van der Waals surface area contributed by atoms with Crippen LogP contribution in [-0.4, -0.2) is 17.7 Å². The molecule has 1 heterocycles. The number of carbonyl (C=O) groups is 2. The molecule has 0 aromatic carbocycles. The van der Waals surface area contributed by atoms with Crippen LogP contribution in [0.15, 0.2) is 12.5 Å². The van der Waals surface area contributed by atoms with Crippen molar-refractivity contribution in [2.75, 3.05) is 0 Å². The van der Waals surface area contributed by atoms with Crippen LogP contribution < -0.4 is 69.3 Å². The first-order valence-corrected chi connectivity index (χ1v) is 2.53. The van der Waals surface area contributed by atoms with Crippen LogP contribution in [0.3, 0.4) is 0 Å². The van der Waals surface area contributed by atoms with Crippen molar-refractivity contribution in [2.24, 2.45) is 0 Å². The van der Waals surface area contributed by atoms with Crippen molar-refractivity contribution < 1.29 is 88.4 Å². The molecule has 1 aliphatic heterocycles. The molecule has 13 heavy (non-hydrogen) atoms. The van der Waals surface area contributed by atoms with Crippen LogP contribution in [0.5, 0.6) is 0 Å². The third-order valence-electron chi connectivity index (χ3n) is 1.06. The summed E-state index contributed by atoms with van der Waals surface area (Å²) in [4.78, 5) is 20.3. The van der Waals surface area contributed by atoms with Crippen LogP contribution in [-0.2, 0) is 19.1 Å². The molecule has 0 aromatic heterocycles. The zero-order valence-corrected chi connectivity index (χ0v) is 11.1. The van der Waals surface area contributed by atoms with Gasteiger partial charge < -0.3 is 29.3 Å². The summed E-state index contributed by atoms with van der Waals surface area (Å²) in [7, 11) is 0. The SMILES string of the molecule is O=C([O-])C1(C(=O)[O-])OC=CO1.[Na+].[Na+]. The molecular weight excluding hydrogens is 202 g/mol. The van der Waals surface area contributed by atoms with Gasteiger partial charge in [0.25, 0.3) is 0 Å². The Morgan fingerprint density at radius 3 is 1.46 bits per heavy atom. The van der Waals surface area contributed by atoms with E-state index < -0.39 is 17.7 Å². The Morgan fingerprint density at radius 1 is 1.00 bits per heavy atom. The van der Waals surface area contributed by atoms with Gasteiger partial charge in [0, 0.05) is 0 Å². The van der Waals surface area contributed by atoms with E-state index in [1.165, 1.54) is 0 Å². The Labute approximate surface area is 117 Å². The monoisotopic (exact) mass is 204 g/mol. The molecule has 1 rings (SSSR count). The molecule has 8 heteroatoms. The summed E-state index contributed by atoms with van der Waals surface area (Å²) in [5.74, 6) is -6.83. The number of hydrogen-bond donors (Lipinski definition) is 0. The number of carboxylic acids is 2. The number of carbonyl (C=O) groups excluding carboxylic acids is 2. The number of aliphatic carboxylic acids is 2.